The molecule has 1 aromatic carbocycles. The molecule has 1 aromatic heterocycles. The molecule has 3 rings (SSSR count). The Hall–Kier alpha value is -1.77. The minimum Gasteiger partial charge on any atom is -0.494 e. The summed E-state index contributed by atoms with van der Waals surface area (Å²) in [5.41, 5.74) is 2.39. The summed E-state index contributed by atoms with van der Waals surface area (Å²) in [5.74, 6) is 1.66. The molecule has 1 atom stereocenters. The Morgan fingerprint density at radius 3 is 3.11 bits per heavy atom. The molecule has 1 fully saturated rings. The lowest BCUT2D eigenvalue weighted by Crippen LogP contribution is -2.13. The molecular weight excluding hydrogens is 238 g/mol. The highest BCUT2D eigenvalue weighted by molar-refractivity contribution is 5.87. The third-order valence-electron chi connectivity index (χ3n) is 3.92. The number of fused-ring (bicyclic) bond motifs is 1. The van der Waals surface area contributed by atoms with Crippen LogP contribution in [0.1, 0.15) is 44.1 Å². The van der Waals surface area contributed by atoms with Gasteiger partial charge in [0.05, 0.1) is 6.61 Å². The first kappa shape index (κ1) is 12.3. The lowest BCUT2D eigenvalue weighted by molar-refractivity contribution is -0.120. The molecule has 100 valence electrons. The van der Waals surface area contributed by atoms with E-state index in [0.29, 0.717) is 24.7 Å². The molecule has 0 aliphatic heterocycles. The number of carbonyl (C=O) groups excluding carboxylic acids is 1. The summed E-state index contributed by atoms with van der Waals surface area (Å²) in [6.07, 6.45) is 5.62. The Morgan fingerprint density at radius 1 is 1.42 bits per heavy atom. The number of aromatic nitrogens is 1. The van der Waals surface area contributed by atoms with Gasteiger partial charge < -0.3 is 9.72 Å². The smallest absolute Gasteiger partial charge is 0.133 e. The maximum Gasteiger partial charge on any atom is 0.133 e. The van der Waals surface area contributed by atoms with Crippen molar-refractivity contribution in [3.05, 3.63) is 30.0 Å². The fourth-order valence-corrected chi connectivity index (χ4v) is 3.01. The summed E-state index contributed by atoms with van der Waals surface area (Å²) in [5, 5.41) is 1.20. The van der Waals surface area contributed by atoms with Gasteiger partial charge in [0.1, 0.15) is 11.5 Å². The molecule has 1 unspecified atom stereocenters. The largest absolute Gasteiger partial charge is 0.494 e. The highest BCUT2D eigenvalue weighted by atomic mass is 16.5. The van der Waals surface area contributed by atoms with Gasteiger partial charge >= 0.3 is 0 Å². The van der Waals surface area contributed by atoms with Crippen molar-refractivity contribution in [3.8, 4) is 5.75 Å². The van der Waals surface area contributed by atoms with Crippen molar-refractivity contribution in [2.24, 2.45) is 0 Å². The van der Waals surface area contributed by atoms with E-state index < -0.39 is 0 Å². The summed E-state index contributed by atoms with van der Waals surface area (Å²) in [4.78, 5) is 14.9. The number of Topliss-reactive ketones (excluding diaryl/α,β-unsaturated/α-hetero) is 1. The van der Waals surface area contributed by atoms with E-state index in [-0.39, 0.29) is 0 Å². The number of ether oxygens (including phenoxy) is 1. The predicted molar refractivity (Wildman–Crippen MR) is 75.7 cm³/mol. The quantitative estimate of drug-likeness (QED) is 0.908. The Balaban J connectivity index is 1.98. The zero-order valence-electron chi connectivity index (χ0n) is 11.2. The molecule has 1 aliphatic rings. The molecule has 0 saturated heterocycles. The van der Waals surface area contributed by atoms with Crippen LogP contribution in [-0.4, -0.2) is 17.4 Å². The zero-order chi connectivity index (χ0) is 13.2. The Morgan fingerprint density at radius 2 is 2.32 bits per heavy atom. The molecular formula is C16H19NO2. The van der Waals surface area contributed by atoms with E-state index in [1.54, 1.807) is 0 Å². The minimum absolute atomic E-state index is 0.367. The normalized spacial score (nSPS) is 19.8. The van der Waals surface area contributed by atoms with Crippen molar-refractivity contribution < 1.29 is 9.53 Å². The number of ketones is 1. The second-order valence-corrected chi connectivity index (χ2v) is 5.22. The van der Waals surface area contributed by atoms with Crippen molar-refractivity contribution in [2.75, 3.05) is 6.61 Å². The Labute approximate surface area is 113 Å². The van der Waals surface area contributed by atoms with Crippen LogP contribution in [0.25, 0.3) is 10.9 Å². The SMILES string of the molecule is CCOc1ccc2[nH]cc(C3CCCC(=O)C3)c2c1. The van der Waals surface area contributed by atoms with Gasteiger partial charge in [-0.2, -0.15) is 0 Å². The average Bonchev–Trinajstić information content (AvgIpc) is 2.82. The van der Waals surface area contributed by atoms with Crippen molar-refractivity contribution >= 4 is 16.7 Å². The van der Waals surface area contributed by atoms with E-state index in [1.165, 1.54) is 10.9 Å². The number of H-pyrrole nitrogens is 1. The third kappa shape index (κ3) is 2.37. The van der Waals surface area contributed by atoms with Crippen LogP contribution in [0, 0.1) is 0 Å². The van der Waals surface area contributed by atoms with Gasteiger partial charge in [-0.3, -0.25) is 4.79 Å². The van der Waals surface area contributed by atoms with Crippen molar-refractivity contribution in [1.29, 1.82) is 0 Å². The fourth-order valence-electron chi connectivity index (χ4n) is 3.01. The van der Waals surface area contributed by atoms with Gasteiger partial charge in [-0.15, -0.1) is 0 Å². The van der Waals surface area contributed by atoms with E-state index in [1.807, 2.05) is 13.0 Å². The molecule has 3 nitrogen and oxygen atoms in total. The summed E-state index contributed by atoms with van der Waals surface area (Å²) >= 11 is 0. The average molecular weight is 257 g/mol. The standard InChI is InChI=1S/C16H19NO2/c1-2-19-13-6-7-16-14(9-13)15(10-17-16)11-4-3-5-12(18)8-11/h6-7,9-11,17H,2-5,8H2,1H3. The molecule has 0 radical (unpaired) electrons. The lowest BCUT2D eigenvalue weighted by Gasteiger charge is -2.20. The molecule has 0 amide bonds. The van der Waals surface area contributed by atoms with Crippen LogP contribution in [0.15, 0.2) is 24.4 Å². The summed E-state index contributed by atoms with van der Waals surface area (Å²) in [6.45, 7) is 2.66. The topological polar surface area (TPSA) is 42.1 Å². The molecule has 1 aliphatic carbocycles. The lowest BCUT2D eigenvalue weighted by atomic mass is 9.83. The van der Waals surface area contributed by atoms with E-state index in [0.717, 1.165) is 30.5 Å². The molecule has 1 saturated carbocycles. The van der Waals surface area contributed by atoms with E-state index >= 15 is 0 Å². The van der Waals surface area contributed by atoms with Gasteiger partial charge in [0.2, 0.25) is 0 Å². The van der Waals surface area contributed by atoms with Crippen LogP contribution in [0.5, 0.6) is 5.75 Å². The van der Waals surface area contributed by atoms with E-state index in [4.69, 9.17) is 4.74 Å². The van der Waals surface area contributed by atoms with Gasteiger partial charge in [-0.1, -0.05) is 0 Å². The predicted octanol–water partition coefficient (Wildman–Crippen LogP) is 3.79. The first-order chi connectivity index (χ1) is 9.28. The van der Waals surface area contributed by atoms with Crippen molar-refractivity contribution in [1.82, 2.24) is 4.98 Å². The van der Waals surface area contributed by atoms with Crippen LogP contribution in [0.3, 0.4) is 0 Å². The molecule has 19 heavy (non-hydrogen) atoms. The number of carbonyl (C=O) groups is 1. The van der Waals surface area contributed by atoms with Gasteiger partial charge in [0, 0.05) is 29.9 Å². The Bertz CT molecular complexity index is 600. The third-order valence-corrected chi connectivity index (χ3v) is 3.92. The van der Waals surface area contributed by atoms with Gasteiger partial charge in [-0.25, -0.2) is 0 Å². The molecule has 0 spiro atoms. The van der Waals surface area contributed by atoms with Crippen LogP contribution >= 0.6 is 0 Å². The second-order valence-electron chi connectivity index (χ2n) is 5.22. The number of nitrogens with one attached hydrogen (secondary N) is 1. The van der Waals surface area contributed by atoms with Gasteiger partial charge in [0.15, 0.2) is 0 Å². The van der Waals surface area contributed by atoms with E-state index in [9.17, 15) is 4.79 Å². The number of hydrogen-bond acceptors (Lipinski definition) is 2. The maximum atomic E-state index is 11.6. The number of hydrogen-bond donors (Lipinski definition) is 1. The molecule has 1 N–H and O–H groups in total. The zero-order valence-corrected chi connectivity index (χ0v) is 11.2. The van der Waals surface area contributed by atoms with Gasteiger partial charge in [0.25, 0.3) is 0 Å². The first-order valence-electron chi connectivity index (χ1n) is 7.03. The highest BCUT2D eigenvalue weighted by Crippen LogP contribution is 2.36. The van der Waals surface area contributed by atoms with Crippen LogP contribution in [0.2, 0.25) is 0 Å². The van der Waals surface area contributed by atoms with E-state index in [2.05, 4.69) is 23.3 Å². The first-order valence-corrected chi connectivity index (χ1v) is 7.03. The summed E-state index contributed by atoms with van der Waals surface area (Å²) in [7, 11) is 0. The van der Waals surface area contributed by atoms with Crippen molar-refractivity contribution in [2.45, 2.75) is 38.5 Å². The monoisotopic (exact) mass is 257 g/mol. The Kier molecular flexibility index (Phi) is 3.28. The molecule has 0 bridgehead atoms. The number of aromatic amines is 1. The maximum absolute atomic E-state index is 11.6. The summed E-state index contributed by atoms with van der Waals surface area (Å²) in [6, 6.07) is 6.12. The highest BCUT2D eigenvalue weighted by Gasteiger charge is 2.23. The van der Waals surface area contributed by atoms with Crippen molar-refractivity contribution in [3.63, 3.8) is 0 Å². The fraction of sp³-hybridized carbons (Fsp3) is 0.438. The number of benzene rings is 1. The van der Waals surface area contributed by atoms with Crippen LogP contribution < -0.4 is 4.74 Å². The minimum atomic E-state index is 0.367. The number of rotatable bonds is 3. The van der Waals surface area contributed by atoms with Crippen LogP contribution in [0.4, 0.5) is 0 Å². The molecule has 1 heterocycles. The van der Waals surface area contributed by atoms with Crippen LogP contribution in [-0.2, 0) is 4.79 Å². The van der Waals surface area contributed by atoms with Gasteiger partial charge in [-0.05, 0) is 49.4 Å². The second kappa shape index (κ2) is 5.08. The summed E-state index contributed by atoms with van der Waals surface area (Å²) < 4.78 is 5.57. The molecule has 2 aromatic rings. The molecule has 3 heteroatoms.